The van der Waals surface area contributed by atoms with Crippen LogP contribution in [0.15, 0.2) is 49.2 Å². The lowest BCUT2D eigenvalue weighted by Crippen LogP contribution is -2.22. The molecule has 0 spiro atoms. The number of carboxylic acid groups (broad SMARTS) is 1. The number of carbonyl (C=O) groups is 1. The Balaban J connectivity index is 0.000000261. The van der Waals surface area contributed by atoms with Crippen molar-refractivity contribution >= 4 is 17.1 Å². The molecule has 22 heavy (non-hydrogen) atoms. The van der Waals surface area contributed by atoms with Crippen molar-refractivity contribution in [2.24, 2.45) is 0 Å². The summed E-state index contributed by atoms with van der Waals surface area (Å²) in [6.07, 6.45) is 1.31. The van der Waals surface area contributed by atoms with Gasteiger partial charge in [0.2, 0.25) is 0 Å². The normalized spacial score (nSPS) is 12.0. The molecule has 0 aliphatic rings. The maximum atomic E-state index is 9.79. The van der Waals surface area contributed by atoms with Crippen LogP contribution in [0.4, 0.5) is 4.79 Å². The SMILES string of the molecule is C=CC(O)c1cnc2ccccc2c1.CC(C)(C)OC(=O)O. The van der Waals surface area contributed by atoms with Crippen LogP contribution in [0.3, 0.4) is 0 Å². The van der Waals surface area contributed by atoms with Gasteiger partial charge in [0.1, 0.15) is 5.60 Å². The molecular formula is C17H21NO4. The third-order valence-corrected chi connectivity index (χ3v) is 2.57. The first-order valence-corrected chi connectivity index (χ1v) is 6.80. The van der Waals surface area contributed by atoms with Crippen molar-refractivity contribution in [2.75, 3.05) is 0 Å². The van der Waals surface area contributed by atoms with E-state index in [0.29, 0.717) is 0 Å². The Morgan fingerprint density at radius 3 is 2.50 bits per heavy atom. The molecule has 0 fully saturated rings. The predicted molar refractivity (Wildman–Crippen MR) is 85.8 cm³/mol. The summed E-state index contributed by atoms with van der Waals surface area (Å²) in [4.78, 5) is 14.0. The third-order valence-electron chi connectivity index (χ3n) is 2.57. The summed E-state index contributed by atoms with van der Waals surface area (Å²) in [6.45, 7) is 8.58. The topological polar surface area (TPSA) is 79.7 Å². The highest BCUT2D eigenvalue weighted by Crippen LogP contribution is 2.18. The number of hydrogen-bond acceptors (Lipinski definition) is 4. The van der Waals surface area contributed by atoms with E-state index in [4.69, 9.17) is 5.11 Å². The van der Waals surface area contributed by atoms with Crippen molar-refractivity contribution in [1.29, 1.82) is 0 Å². The van der Waals surface area contributed by atoms with E-state index < -0.39 is 17.9 Å². The number of hydrogen-bond donors (Lipinski definition) is 2. The number of aliphatic hydroxyl groups excluding tert-OH is 1. The van der Waals surface area contributed by atoms with Gasteiger partial charge in [-0.1, -0.05) is 24.3 Å². The molecule has 1 heterocycles. The standard InChI is InChI=1S/C12H11NO.C5H10O3/c1-2-12(14)10-7-9-5-3-4-6-11(9)13-8-10;1-5(2,3)8-4(6)7/h2-8,12,14H,1H2;1-3H3,(H,6,7). The van der Waals surface area contributed by atoms with Crippen LogP contribution in [-0.4, -0.2) is 27.0 Å². The Bertz CT molecular complexity index is 646. The molecule has 2 aromatic rings. The minimum atomic E-state index is -1.22. The quantitative estimate of drug-likeness (QED) is 0.649. The van der Waals surface area contributed by atoms with E-state index in [0.717, 1.165) is 16.5 Å². The fourth-order valence-corrected chi connectivity index (χ4v) is 1.65. The van der Waals surface area contributed by atoms with Crippen LogP contribution in [0.5, 0.6) is 0 Å². The molecule has 0 saturated heterocycles. The van der Waals surface area contributed by atoms with Crippen molar-refractivity contribution in [1.82, 2.24) is 4.98 Å². The van der Waals surface area contributed by atoms with Gasteiger partial charge in [0, 0.05) is 17.1 Å². The van der Waals surface area contributed by atoms with Gasteiger partial charge in [0.15, 0.2) is 0 Å². The van der Waals surface area contributed by atoms with Gasteiger partial charge in [0.25, 0.3) is 0 Å². The minimum Gasteiger partial charge on any atom is -0.450 e. The zero-order chi connectivity index (χ0) is 16.8. The van der Waals surface area contributed by atoms with Crippen LogP contribution >= 0.6 is 0 Å². The summed E-state index contributed by atoms with van der Waals surface area (Å²) in [5.74, 6) is 0. The van der Waals surface area contributed by atoms with E-state index in [1.807, 2.05) is 30.3 Å². The number of nitrogens with zero attached hydrogens (tertiary/aromatic N) is 1. The Labute approximate surface area is 129 Å². The molecule has 0 aliphatic heterocycles. The highest BCUT2D eigenvalue weighted by molar-refractivity contribution is 5.78. The molecule has 1 unspecified atom stereocenters. The summed E-state index contributed by atoms with van der Waals surface area (Å²) in [5, 5.41) is 18.6. The minimum absolute atomic E-state index is 0.578. The fraction of sp³-hybridized carbons (Fsp3) is 0.294. The number of ether oxygens (including phenoxy) is 1. The molecule has 1 atom stereocenters. The van der Waals surface area contributed by atoms with E-state index >= 15 is 0 Å². The van der Waals surface area contributed by atoms with Crippen LogP contribution in [0.25, 0.3) is 10.9 Å². The van der Waals surface area contributed by atoms with E-state index in [-0.39, 0.29) is 0 Å². The number of pyridine rings is 1. The molecule has 5 nitrogen and oxygen atoms in total. The van der Waals surface area contributed by atoms with Crippen LogP contribution in [0.2, 0.25) is 0 Å². The molecule has 0 radical (unpaired) electrons. The van der Waals surface area contributed by atoms with E-state index in [1.54, 1.807) is 27.0 Å². The van der Waals surface area contributed by atoms with Gasteiger partial charge in [0.05, 0.1) is 11.6 Å². The fourth-order valence-electron chi connectivity index (χ4n) is 1.65. The molecule has 118 valence electrons. The molecule has 5 heteroatoms. The number of fused-ring (bicyclic) bond motifs is 1. The molecule has 2 rings (SSSR count). The van der Waals surface area contributed by atoms with Gasteiger partial charge in [-0.2, -0.15) is 0 Å². The van der Waals surface area contributed by atoms with Crippen LogP contribution in [0.1, 0.15) is 32.4 Å². The zero-order valence-corrected chi connectivity index (χ0v) is 13.0. The van der Waals surface area contributed by atoms with Crippen molar-refractivity contribution in [3.63, 3.8) is 0 Å². The average Bonchev–Trinajstić information content (AvgIpc) is 2.44. The highest BCUT2D eigenvalue weighted by Gasteiger charge is 2.14. The van der Waals surface area contributed by atoms with E-state index in [9.17, 15) is 9.90 Å². The van der Waals surface area contributed by atoms with Crippen LogP contribution < -0.4 is 0 Å². The van der Waals surface area contributed by atoms with Gasteiger partial charge in [-0.15, -0.1) is 6.58 Å². The lowest BCUT2D eigenvalue weighted by molar-refractivity contribution is 0.0150. The summed E-state index contributed by atoms with van der Waals surface area (Å²) < 4.78 is 4.35. The Hall–Kier alpha value is -2.40. The van der Waals surface area contributed by atoms with Gasteiger partial charge < -0.3 is 14.9 Å². The summed E-state index contributed by atoms with van der Waals surface area (Å²) in [6, 6.07) is 9.74. The Morgan fingerprint density at radius 1 is 1.36 bits per heavy atom. The van der Waals surface area contributed by atoms with Gasteiger partial charge in [-0.3, -0.25) is 4.98 Å². The molecular weight excluding hydrogens is 282 g/mol. The van der Waals surface area contributed by atoms with Gasteiger partial charge >= 0.3 is 6.16 Å². The Morgan fingerprint density at radius 2 is 2.00 bits per heavy atom. The lowest BCUT2D eigenvalue weighted by Gasteiger charge is -2.15. The van der Waals surface area contributed by atoms with Crippen molar-refractivity contribution < 1.29 is 19.7 Å². The summed E-state index contributed by atoms with van der Waals surface area (Å²) >= 11 is 0. The van der Waals surface area contributed by atoms with E-state index in [2.05, 4.69) is 16.3 Å². The molecule has 2 N–H and O–H groups in total. The molecule has 1 aromatic carbocycles. The van der Waals surface area contributed by atoms with Crippen LogP contribution in [-0.2, 0) is 4.74 Å². The second-order valence-corrected chi connectivity index (χ2v) is 5.62. The third kappa shape index (κ3) is 5.93. The van der Waals surface area contributed by atoms with Crippen LogP contribution in [0, 0.1) is 0 Å². The van der Waals surface area contributed by atoms with Crippen molar-refractivity contribution in [3.8, 4) is 0 Å². The summed E-state index contributed by atoms with van der Waals surface area (Å²) in [5.41, 5.74) is 1.14. The maximum absolute atomic E-state index is 9.79. The number of benzene rings is 1. The number of aliphatic hydroxyl groups is 1. The average molecular weight is 303 g/mol. The largest absolute Gasteiger partial charge is 0.506 e. The summed E-state index contributed by atoms with van der Waals surface area (Å²) in [7, 11) is 0. The first-order chi connectivity index (χ1) is 10.2. The zero-order valence-electron chi connectivity index (χ0n) is 13.0. The van der Waals surface area contributed by atoms with E-state index in [1.165, 1.54) is 6.08 Å². The Kier molecular flexibility index (Phi) is 6.07. The molecule has 0 aliphatic carbocycles. The molecule has 0 saturated carbocycles. The van der Waals surface area contributed by atoms with Gasteiger partial charge in [-0.05, 0) is 32.9 Å². The number of rotatable bonds is 2. The monoisotopic (exact) mass is 303 g/mol. The second-order valence-electron chi connectivity index (χ2n) is 5.62. The van der Waals surface area contributed by atoms with Crippen molar-refractivity contribution in [2.45, 2.75) is 32.5 Å². The molecule has 0 amide bonds. The number of para-hydroxylation sites is 1. The first kappa shape index (κ1) is 17.7. The molecule has 0 bridgehead atoms. The molecule has 1 aromatic heterocycles. The highest BCUT2D eigenvalue weighted by atomic mass is 16.7. The predicted octanol–water partition coefficient (Wildman–Crippen LogP) is 3.93. The van der Waals surface area contributed by atoms with Crippen molar-refractivity contribution in [3.05, 3.63) is 54.7 Å². The smallest absolute Gasteiger partial charge is 0.450 e. The second kappa shape index (κ2) is 7.56. The van der Waals surface area contributed by atoms with Gasteiger partial charge in [-0.25, -0.2) is 4.79 Å². The maximum Gasteiger partial charge on any atom is 0.506 e. The first-order valence-electron chi connectivity index (χ1n) is 6.80. The number of aromatic nitrogens is 1. The lowest BCUT2D eigenvalue weighted by atomic mass is 10.1.